The average molecular weight is 286 g/mol. The Bertz CT molecular complexity index is 651. The van der Waals surface area contributed by atoms with Crippen LogP contribution in [0.15, 0.2) is 23.3 Å². The molecule has 2 aliphatic heterocycles. The summed E-state index contributed by atoms with van der Waals surface area (Å²) >= 11 is 0. The van der Waals surface area contributed by atoms with Crippen LogP contribution in [0.5, 0.6) is 11.5 Å². The van der Waals surface area contributed by atoms with Gasteiger partial charge < -0.3 is 14.9 Å². The lowest BCUT2D eigenvalue weighted by molar-refractivity contribution is -0.126. The van der Waals surface area contributed by atoms with Gasteiger partial charge in [-0.1, -0.05) is 13.8 Å². The van der Waals surface area contributed by atoms with Crippen LogP contribution in [0.4, 0.5) is 0 Å². The second kappa shape index (κ2) is 4.23. The van der Waals surface area contributed by atoms with E-state index in [0.717, 1.165) is 29.2 Å². The molecule has 4 rings (SSSR count). The lowest BCUT2D eigenvalue weighted by Crippen LogP contribution is -2.45. The summed E-state index contributed by atoms with van der Waals surface area (Å²) in [6.07, 6.45) is 1.57. The van der Waals surface area contributed by atoms with Crippen molar-refractivity contribution in [2.45, 2.75) is 32.7 Å². The number of benzene rings is 1. The molecule has 1 aliphatic carbocycles. The van der Waals surface area contributed by atoms with Crippen molar-refractivity contribution in [2.75, 3.05) is 6.79 Å². The molecule has 0 saturated heterocycles. The van der Waals surface area contributed by atoms with Crippen molar-refractivity contribution in [2.24, 2.45) is 16.4 Å². The SMILES string of the molecule is CC1(C)CC(=O)[C@@H]2C(c3ccc4c(c3)OCO4)=NN[C@H]2C1. The minimum atomic E-state index is -0.140. The highest BCUT2D eigenvalue weighted by molar-refractivity contribution is 6.15. The normalized spacial score (nSPS) is 28.9. The van der Waals surface area contributed by atoms with Crippen LogP contribution < -0.4 is 14.9 Å². The van der Waals surface area contributed by atoms with Gasteiger partial charge in [-0.2, -0.15) is 5.10 Å². The summed E-state index contributed by atoms with van der Waals surface area (Å²) in [5.41, 5.74) is 4.97. The summed E-state index contributed by atoms with van der Waals surface area (Å²) in [6, 6.07) is 5.86. The largest absolute Gasteiger partial charge is 0.454 e. The van der Waals surface area contributed by atoms with Gasteiger partial charge in [0.2, 0.25) is 6.79 Å². The Kier molecular flexibility index (Phi) is 2.55. The van der Waals surface area contributed by atoms with Crippen LogP contribution in [-0.4, -0.2) is 24.3 Å². The lowest BCUT2D eigenvalue weighted by Gasteiger charge is -2.36. The molecule has 1 aromatic carbocycles. The summed E-state index contributed by atoms with van der Waals surface area (Å²) < 4.78 is 10.7. The van der Waals surface area contributed by atoms with Crippen molar-refractivity contribution in [3.63, 3.8) is 0 Å². The molecule has 1 aromatic rings. The number of carbonyl (C=O) groups excluding carboxylic acids is 1. The van der Waals surface area contributed by atoms with Gasteiger partial charge in [-0.25, -0.2) is 0 Å². The van der Waals surface area contributed by atoms with Gasteiger partial charge in [0.25, 0.3) is 0 Å². The molecule has 0 spiro atoms. The number of Topliss-reactive ketones (excluding diaryl/α,β-unsaturated/α-hetero) is 1. The van der Waals surface area contributed by atoms with E-state index in [0.29, 0.717) is 6.42 Å². The van der Waals surface area contributed by atoms with E-state index in [1.54, 1.807) is 0 Å². The standard InChI is InChI=1S/C16H18N2O3/c1-16(2)6-10-14(11(19)7-16)15(18-17-10)9-3-4-12-13(5-9)21-8-20-12/h3-5,10,14,17H,6-8H2,1-2H3/t10-,14+/m0/s1. The number of hydrogen-bond acceptors (Lipinski definition) is 5. The van der Waals surface area contributed by atoms with Crippen molar-refractivity contribution < 1.29 is 14.3 Å². The molecule has 1 fully saturated rings. The van der Waals surface area contributed by atoms with Crippen molar-refractivity contribution in [3.05, 3.63) is 23.8 Å². The highest BCUT2D eigenvalue weighted by Gasteiger charge is 2.46. The summed E-state index contributed by atoms with van der Waals surface area (Å²) in [6.45, 7) is 4.53. The predicted molar refractivity (Wildman–Crippen MR) is 77.5 cm³/mol. The third kappa shape index (κ3) is 1.99. The van der Waals surface area contributed by atoms with Gasteiger partial charge in [-0.05, 0) is 30.0 Å². The number of hydrazone groups is 1. The van der Waals surface area contributed by atoms with Crippen LogP contribution in [0, 0.1) is 11.3 Å². The molecule has 0 radical (unpaired) electrons. The third-order valence-corrected chi connectivity index (χ3v) is 4.49. The molecule has 2 atom stereocenters. The second-order valence-electron chi connectivity index (χ2n) is 6.79. The smallest absolute Gasteiger partial charge is 0.231 e. The number of nitrogens with one attached hydrogen (secondary N) is 1. The minimum Gasteiger partial charge on any atom is -0.454 e. The number of ether oxygens (including phenoxy) is 2. The number of rotatable bonds is 1. The van der Waals surface area contributed by atoms with E-state index >= 15 is 0 Å². The third-order valence-electron chi connectivity index (χ3n) is 4.49. The molecule has 0 bridgehead atoms. The molecule has 0 unspecified atom stereocenters. The van der Waals surface area contributed by atoms with Crippen molar-refractivity contribution in [1.82, 2.24) is 5.43 Å². The number of hydrogen-bond donors (Lipinski definition) is 1. The van der Waals surface area contributed by atoms with Crippen LogP contribution in [-0.2, 0) is 4.79 Å². The van der Waals surface area contributed by atoms with E-state index < -0.39 is 0 Å². The van der Waals surface area contributed by atoms with Crippen molar-refractivity contribution >= 4 is 11.5 Å². The van der Waals surface area contributed by atoms with Gasteiger partial charge in [0.1, 0.15) is 5.78 Å². The fourth-order valence-electron chi connectivity index (χ4n) is 3.58. The summed E-state index contributed by atoms with van der Waals surface area (Å²) in [5, 5.41) is 4.44. The number of fused-ring (bicyclic) bond motifs is 2. The fourth-order valence-corrected chi connectivity index (χ4v) is 3.58. The predicted octanol–water partition coefficient (Wildman–Crippen LogP) is 2.10. The first-order valence-electron chi connectivity index (χ1n) is 7.29. The number of nitrogens with zero attached hydrogens (tertiary/aromatic N) is 1. The zero-order valence-corrected chi connectivity index (χ0v) is 12.2. The van der Waals surface area contributed by atoms with Crippen LogP contribution in [0.2, 0.25) is 0 Å². The lowest BCUT2D eigenvalue weighted by atomic mass is 9.68. The summed E-state index contributed by atoms with van der Waals surface area (Å²) in [5.74, 6) is 1.61. The van der Waals surface area contributed by atoms with Crippen LogP contribution >= 0.6 is 0 Å². The summed E-state index contributed by atoms with van der Waals surface area (Å²) in [7, 11) is 0. The van der Waals surface area contributed by atoms with Crippen LogP contribution in [0.3, 0.4) is 0 Å². The topological polar surface area (TPSA) is 59.9 Å². The zero-order chi connectivity index (χ0) is 14.6. The number of ketones is 1. The van der Waals surface area contributed by atoms with E-state index in [2.05, 4.69) is 24.4 Å². The zero-order valence-electron chi connectivity index (χ0n) is 12.2. The Morgan fingerprint density at radius 3 is 2.95 bits per heavy atom. The minimum absolute atomic E-state index is 0.0467. The first kappa shape index (κ1) is 12.7. The van der Waals surface area contributed by atoms with E-state index in [1.165, 1.54) is 0 Å². The average Bonchev–Trinajstić information content (AvgIpc) is 3.01. The van der Waals surface area contributed by atoms with Gasteiger partial charge in [0.05, 0.1) is 17.7 Å². The molecule has 2 heterocycles. The molecule has 110 valence electrons. The Balaban J connectivity index is 1.66. The Morgan fingerprint density at radius 2 is 2.10 bits per heavy atom. The number of carbonyl (C=O) groups is 1. The highest BCUT2D eigenvalue weighted by atomic mass is 16.7. The highest BCUT2D eigenvalue weighted by Crippen LogP contribution is 2.40. The quantitative estimate of drug-likeness (QED) is 0.859. The van der Waals surface area contributed by atoms with Crippen LogP contribution in [0.25, 0.3) is 0 Å². The van der Waals surface area contributed by atoms with Crippen molar-refractivity contribution in [1.29, 1.82) is 0 Å². The molecule has 1 saturated carbocycles. The van der Waals surface area contributed by atoms with E-state index in [-0.39, 0.29) is 30.0 Å². The monoisotopic (exact) mass is 286 g/mol. The van der Waals surface area contributed by atoms with Gasteiger partial charge in [0, 0.05) is 12.0 Å². The van der Waals surface area contributed by atoms with E-state index in [1.807, 2.05) is 18.2 Å². The van der Waals surface area contributed by atoms with Crippen molar-refractivity contribution in [3.8, 4) is 11.5 Å². The maximum atomic E-state index is 12.5. The maximum absolute atomic E-state index is 12.5. The molecular formula is C16H18N2O3. The molecule has 5 heteroatoms. The van der Waals surface area contributed by atoms with Gasteiger partial charge in [-0.3, -0.25) is 4.79 Å². The second-order valence-corrected chi connectivity index (χ2v) is 6.79. The van der Waals surface area contributed by atoms with Gasteiger partial charge >= 0.3 is 0 Å². The van der Waals surface area contributed by atoms with E-state index in [4.69, 9.17) is 9.47 Å². The Labute approximate surface area is 123 Å². The molecule has 1 N–H and O–H groups in total. The molecular weight excluding hydrogens is 268 g/mol. The first-order valence-corrected chi connectivity index (χ1v) is 7.29. The molecule has 0 amide bonds. The summed E-state index contributed by atoms with van der Waals surface area (Å²) in [4.78, 5) is 12.5. The molecule has 5 nitrogen and oxygen atoms in total. The Morgan fingerprint density at radius 1 is 1.29 bits per heavy atom. The maximum Gasteiger partial charge on any atom is 0.231 e. The van der Waals surface area contributed by atoms with Gasteiger partial charge in [-0.15, -0.1) is 0 Å². The van der Waals surface area contributed by atoms with Crippen LogP contribution in [0.1, 0.15) is 32.3 Å². The Hall–Kier alpha value is -2.04. The fraction of sp³-hybridized carbons (Fsp3) is 0.500. The van der Waals surface area contributed by atoms with Gasteiger partial charge in [0.15, 0.2) is 11.5 Å². The first-order chi connectivity index (χ1) is 10.0. The van der Waals surface area contributed by atoms with E-state index in [9.17, 15) is 4.79 Å². The molecule has 0 aromatic heterocycles. The molecule has 21 heavy (non-hydrogen) atoms. The molecule has 3 aliphatic rings.